The molecule has 2 N–H and O–H groups in total. The highest BCUT2D eigenvalue weighted by Crippen LogP contribution is 2.34. The first-order valence-corrected chi connectivity index (χ1v) is 7.95. The van der Waals surface area contributed by atoms with Crippen molar-refractivity contribution < 1.29 is 4.74 Å². The van der Waals surface area contributed by atoms with Gasteiger partial charge in [-0.05, 0) is 46.5 Å². The average Bonchev–Trinajstić information content (AvgIpc) is 2.40. The van der Waals surface area contributed by atoms with Crippen molar-refractivity contribution in [3.63, 3.8) is 0 Å². The van der Waals surface area contributed by atoms with Gasteiger partial charge in [0, 0.05) is 4.90 Å². The monoisotopic (exact) mass is 353 g/mol. The number of halogens is 1. The standard InChI is InChI=1S/C14H12BrNOS2/c1-19-12-8-4-7-11(13(12)14(16)18)17-10-6-3-2-5-9(10)15/h2-8H,1H3,(H2,16,18). The fourth-order valence-electron chi connectivity index (χ4n) is 1.65. The quantitative estimate of drug-likeness (QED) is 0.643. The minimum atomic E-state index is 0.340. The van der Waals surface area contributed by atoms with Gasteiger partial charge >= 0.3 is 0 Å². The summed E-state index contributed by atoms with van der Waals surface area (Å²) in [6.07, 6.45) is 1.99. The Bertz CT molecular complexity index is 616. The Labute approximate surface area is 130 Å². The molecule has 98 valence electrons. The van der Waals surface area contributed by atoms with Gasteiger partial charge in [0.2, 0.25) is 0 Å². The first-order chi connectivity index (χ1) is 9.13. The largest absolute Gasteiger partial charge is 0.455 e. The molecule has 0 saturated heterocycles. The van der Waals surface area contributed by atoms with E-state index in [1.165, 1.54) is 0 Å². The molecule has 0 aromatic heterocycles. The lowest BCUT2D eigenvalue weighted by molar-refractivity contribution is 0.477. The molecule has 0 radical (unpaired) electrons. The number of hydrogen-bond acceptors (Lipinski definition) is 3. The second-order valence-corrected chi connectivity index (χ2v) is 5.87. The normalized spacial score (nSPS) is 10.2. The number of hydrogen-bond donors (Lipinski definition) is 1. The molecule has 0 aliphatic carbocycles. The van der Waals surface area contributed by atoms with Crippen molar-refractivity contribution in [1.82, 2.24) is 0 Å². The van der Waals surface area contributed by atoms with Crippen LogP contribution in [0.15, 0.2) is 51.8 Å². The number of thioether (sulfide) groups is 1. The lowest BCUT2D eigenvalue weighted by Crippen LogP contribution is -2.12. The molecular formula is C14H12BrNOS2. The summed E-state index contributed by atoms with van der Waals surface area (Å²) in [6, 6.07) is 13.4. The highest BCUT2D eigenvalue weighted by Gasteiger charge is 2.13. The molecule has 0 unspecified atom stereocenters. The maximum Gasteiger partial charge on any atom is 0.141 e. The van der Waals surface area contributed by atoms with E-state index < -0.39 is 0 Å². The predicted molar refractivity (Wildman–Crippen MR) is 88.3 cm³/mol. The average molecular weight is 354 g/mol. The Morgan fingerprint density at radius 1 is 1.16 bits per heavy atom. The topological polar surface area (TPSA) is 35.2 Å². The van der Waals surface area contributed by atoms with Crippen molar-refractivity contribution in [2.24, 2.45) is 5.73 Å². The summed E-state index contributed by atoms with van der Waals surface area (Å²) in [7, 11) is 0. The molecule has 2 aromatic rings. The molecule has 0 atom stereocenters. The molecule has 0 fully saturated rings. The van der Waals surface area contributed by atoms with Crippen molar-refractivity contribution in [2.75, 3.05) is 6.26 Å². The summed E-state index contributed by atoms with van der Waals surface area (Å²) in [4.78, 5) is 1.35. The smallest absolute Gasteiger partial charge is 0.141 e. The van der Waals surface area contributed by atoms with Crippen LogP contribution in [0.25, 0.3) is 0 Å². The number of para-hydroxylation sites is 1. The van der Waals surface area contributed by atoms with Gasteiger partial charge in [-0.25, -0.2) is 0 Å². The Morgan fingerprint density at radius 2 is 1.84 bits per heavy atom. The van der Waals surface area contributed by atoms with Crippen LogP contribution in [-0.2, 0) is 0 Å². The molecule has 2 aromatic carbocycles. The number of benzene rings is 2. The van der Waals surface area contributed by atoms with Crippen molar-refractivity contribution in [3.05, 3.63) is 52.5 Å². The van der Waals surface area contributed by atoms with Crippen LogP contribution in [0.4, 0.5) is 0 Å². The van der Waals surface area contributed by atoms with Gasteiger partial charge < -0.3 is 10.5 Å². The molecule has 0 aliphatic rings. The third kappa shape index (κ3) is 3.29. The molecule has 0 heterocycles. The van der Waals surface area contributed by atoms with Crippen LogP contribution in [0.5, 0.6) is 11.5 Å². The Hall–Kier alpha value is -1.04. The number of rotatable bonds is 4. The SMILES string of the molecule is CSc1cccc(Oc2ccccc2Br)c1C(N)=S. The van der Waals surface area contributed by atoms with Gasteiger partial charge in [-0.1, -0.05) is 30.4 Å². The fraction of sp³-hybridized carbons (Fsp3) is 0.0714. The zero-order chi connectivity index (χ0) is 13.8. The van der Waals surface area contributed by atoms with E-state index in [2.05, 4.69) is 15.9 Å². The van der Waals surface area contributed by atoms with Crippen LogP contribution in [0, 0.1) is 0 Å². The molecule has 0 saturated carbocycles. The second-order valence-electron chi connectivity index (χ2n) is 3.73. The van der Waals surface area contributed by atoms with E-state index >= 15 is 0 Å². The molecular weight excluding hydrogens is 342 g/mol. The highest BCUT2D eigenvalue weighted by molar-refractivity contribution is 9.10. The summed E-state index contributed by atoms with van der Waals surface area (Å²) in [5.41, 5.74) is 6.59. The van der Waals surface area contributed by atoms with Crippen LogP contribution in [0.3, 0.4) is 0 Å². The van der Waals surface area contributed by atoms with Crippen LogP contribution in [0.2, 0.25) is 0 Å². The van der Waals surface area contributed by atoms with Crippen molar-refractivity contribution in [3.8, 4) is 11.5 Å². The van der Waals surface area contributed by atoms with Gasteiger partial charge in [-0.15, -0.1) is 11.8 Å². The van der Waals surface area contributed by atoms with Crippen LogP contribution in [-0.4, -0.2) is 11.2 Å². The van der Waals surface area contributed by atoms with E-state index in [1.54, 1.807) is 11.8 Å². The third-order valence-electron chi connectivity index (χ3n) is 2.51. The fourth-order valence-corrected chi connectivity index (χ4v) is 2.93. The summed E-state index contributed by atoms with van der Waals surface area (Å²) >= 11 is 10.2. The number of nitrogens with two attached hydrogens (primary N) is 1. The summed E-state index contributed by atoms with van der Waals surface area (Å²) in [5.74, 6) is 1.41. The van der Waals surface area contributed by atoms with Crippen LogP contribution >= 0.6 is 39.9 Å². The minimum Gasteiger partial charge on any atom is -0.455 e. The minimum absolute atomic E-state index is 0.340. The van der Waals surface area contributed by atoms with Gasteiger partial charge in [0.25, 0.3) is 0 Å². The molecule has 0 aliphatic heterocycles. The highest BCUT2D eigenvalue weighted by atomic mass is 79.9. The second kappa shape index (κ2) is 6.41. The maximum absolute atomic E-state index is 5.92. The van der Waals surface area contributed by atoms with E-state index in [0.29, 0.717) is 10.7 Å². The van der Waals surface area contributed by atoms with E-state index in [4.69, 9.17) is 22.7 Å². The van der Waals surface area contributed by atoms with E-state index in [9.17, 15) is 0 Å². The Morgan fingerprint density at radius 3 is 2.47 bits per heavy atom. The van der Waals surface area contributed by atoms with Crippen molar-refractivity contribution >= 4 is 44.9 Å². The van der Waals surface area contributed by atoms with Crippen LogP contribution < -0.4 is 10.5 Å². The van der Waals surface area contributed by atoms with Crippen molar-refractivity contribution in [1.29, 1.82) is 0 Å². The number of thiocarbonyl (C=S) groups is 1. The van der Waals surface area contributed by atoms with Gasteiger partial charge in [-0.3, -0.25) is 0 Å². The molecule has 0 amide bonds. The summed E-state index contributed by atoms with van der Waals surface area (Å²) < 4.78 is 6.80. The molecule has 2 rings (SSSR count). The zero-order valence-corrected chi connectivity index (χ0v) is 13.4. The van der Waals surface area contributed by atoms with E-state index in [0.717, 1.165) is 20.7 Å². The lowest BCUT2D eigenvalue weighted by atomic mass is 10.2. The van der Waals surface area contributed by atoms with Crippen LogP contribution in [0.1, 0.15) is 5.56 Å². The predicted octanol–water partition coefficient (Wildman–Crippen LogP) is 4.60. The van der Waals surface area contributed by atoms with Gasteiger partial charge in [-0.2, -0.15) is 0 Å². The summed E-state index contributed by atoms with van der Waals surface area (Å²) in [6.45, 7) is 0. The number of ether oxygens (including phenoxy) is 1. The molecule has 2 nitrogen and oxygen atoms in total. The van der Waals surface area contributed by atoms with E-state index in [-0.39, 0.29) is 0 Å². The maximum atomic E-state index is 5.92. The van der Waals surface area contributed by atoms with E-state index in [1.807, 2.05) is 48.7 Å². The van der Waals surface area contributed by atoms with Gasteiger partial charge in [0.1, 0.15) is 16.5 Å². The third-order valence-corrected chi connectivity index (χ3v) is 4.15. The molecule has 0 bridgehead atoms. The Kier molecular flexibility index (Phi) is 4.85. The van der Waals surface area contributed by atoms with Crippen molar-refractivity contribution in [2.45, 2.75) is 4.90 Å². The zero-order valence-electron chi connectivity index (χ0n) is 10.2. The first-order valence-electron chi connectivity index (χ1n) is 5.52. The Balaban J connectivity index is 2.46. The molecule has 5 heteroatoms. The first kappa shape index (κ1) is 14.4. The molecule has 19 heavy (non-hydrogen) atoms. The summed E-state index contributed by atoms with van der Waals surface area (Å²) in [5, 5.41) is 0. The lowest BCUT2D eigenvalue weighted by Gasteiger charge is -2.14. The van der Waals surface area contributed by atoms with Gasteiger partial charge in [0.05, 0.1) is 10.0 Å². The van der Waals surface area contributed by atoms with Gasteiger partial charge in [0.15, 0.2) is 0 Å². The molecule has 0 spiro atoms.